The molecular formula is C7H10N2O6S. The highest BCUT2D eigenvalue weighted by Gasteiger charge is 2.07. The molecule has 0 saturated heterocycles. The average molecular weight is 250 g/mol. The van der Waals surface area contributed by atoms with Crippen LogP contribution in [0.25, 0.3) is 0 Å². The minimum Gasteiger partial charge on any atom is -0.494 e. The first-order chi connectivity index (χ1) is 7.29. The van der Waals surface area contributed by atoms with Gasteiger partial charge >= 0.3 is 5.69 Å². The van der Waals surface area contributed by atoms with E-state index in [0.717, 1.165) is 10.6 Å². The van der Waals surface area contributed by atoms with Crippen molar-refractivity contribution >= 4 is 10.1 Å². The van der Waals surface area contributed by atoms with Crippen molar-refractivity contribution in [2.75, 3.05) is 5.75 Å². The molecule has 1 heterocycles. The predicted octanol–water partition coefficient (Wildman–Crippen LogP) is -1.48. The number of aromatic nitrogens is 2. The molecule has 0 amide bonds. The molecule has 1 aromatic heterocycles. The van der Waals surface area contributed by atoms with Crippen LogP contribution in [0, 0.1) is 0 Å². The van der Waals surface area contributed by atoms with Gasteiger partial charge in [0.2, 0.25) is 5.88 Å². The zero-order valence-corrected chi connectivity index (χ0v) is 8.90. The largest absolute Gasteiger partial charge is 0.494 e. The molecule has 0 aliphatic rings. The van der Waals surface area contributed by atoms with E-state index in [9.17, 15) is 23.1 Å². The number of hydrogen-bond acceptors (Lipinski definition) is 5. The molecule has 1 aromatic rings. The summed E-state index contributed by atoms with van der Waals surface area (Å²) < 4.78 is 30.0. The Balaban J connectivity index is 2.83. The van der Waals surface area contributed by atoms with Crippen molar-refractivity contribution in [1.29, 1.82) is 0 Å². The number of nitrogens with zero attached hydrogens (tertiary/aromatic N) is 1. The zero-order valence-electron chi connectivity index (χ0n) is 8.08. The SMILES string of the molecule is O=c1cc(O)n(CCCS(=O)(=O)O)c(=O)[nH]1. The molecule has 0 atom stereocenters. The highest BCUT2D eigenvalue weighted by Crippen LogP contribution is 2.01. The molecule has 0 radical (unpaired) electrons. The van der Waals surface area contributed by atoms with Gasteiger partial charge in [0.05, 0.1) is 11.8 Å². The van der Waals surface area contributed by atoms with E-state index in [4.69, 9.17) is 4.55 Å². The third-order valence-corrected chi connectivity index (χ3v) is 2.60. The van der Waals surface area contributed by atoms with Crippen LogP contribution in [-0.2, 0) is 16.7 Å². The van der Waals surface area contributed by atoms with Gasteiger partial charge in [0.1, 0.15) is 0 Å². The average Bonchev–Trinajstić information content (AvgIpc) is 2.07. The standard InChI is InChI=1S/C7H10N2O6S/c10-5-4-6(11)9(7(12)8-5)2-1-3-16(13,14)15/h4,11H,1-3H2,(H,8,10,12)(H,13,14,15). The third-order valence-electron chi connectivity index (χ3n) is 1.80. The van der Waals surface area contributed by atoms with Crippen molar-refractivity contribution in [3.8, 4) is 5.88 Å². The van der Waals surface area contributed by atoms with E-state index in [1.807, 2.05) is 4.98 Å². The van der Waals surface area contributed by atoms with Gasteiger partial charge in [0.25, 0.3) is 15.7 Å². The van der Waals surface area contributed by atoms with Gasteiger partial charge in [-0.2, -0.15) is 8.42 Å². The summed E-state index contributed by atoms with van der Waals surface area (Å²) in [6.45, 7) is -0.124. The normalized spacial score (nSPS) is 11.6. The summed E-state index contributed by atoms with van der Waals surface area (Å²) in [4.78, 5) is 23.8. The fourth-order valence-corrected chi connectivity index (χ4v) is 1.62. The second-order valence-electron chi connectivity index (χ2n) is 3.09. The first kappa shape index (κ1) is 12.5. The molecule has 0 bridgehead atoms. The van der Waals surface area contributed by atoms with Crippen LogP contribution < -0.4 is 11.2 Å². The lowest BCUT2D eigenvalue weighted by Crippen LogP contribution is -2.29. The van der Waals surface area contributed by atoms with Crippen molar-refractivity contribution in [2.24, 2.45) is 0 Å². The molecule has 16 heavy (non-hydrogen) atoms. The molecule has 8 nitrogen and oxygen atoms in total. The Kier molecular flexibility index (Phi) is 3.50. The summed E-state index contributed by atoms with van der Waals surface area (Å²) in [5, 5.41) is 9.23. The molecule has 3 N–H and O–H groups in total. The van der Waals surface area contributed by atoms with Crippen molar-refractivity contribution in [2.45, 2.75) is 13.0 Å². The van der Waals surface area contributed by atoms with Gasteiger partial charge in [-0.15, -0.1) is 0 Å². The van der Waals surface area contributed by atoms with Gasteiger partial charge in [-0.3, -0.25) is 18.9 Å². The molecule has 9 heteroatoms. The van der Waals surface area contributed by atoms with Crippen LogP contribution in [-0.4, -0.2) is 33.4 Å². The van der Waals surface area contributed by atoms with Crippen LogP contribution in [0.2, 0.25) is 0 Å². The zero-order chi connectivity index (χ0) is 12.3. The van der Waals surface area contributed by atoms with E-state index in [2.05, 4.69) is 0 Å². The summed E-state index contributed by atoms with van der Waals surface area (Å²) in [6, 6.07) is 0.800. The van der Waals surface area contributed by atoms with Gasteiger partial charge in [-0.1, -0.05) is 0 Å². The summed E-state index contributed by atoms with van der Waals surface area (Å²) >= 11 is 0. The number of nitrogens with one attached hydrogen (secondary N) is 1. The maximum atomic E-state index is 11.2. The lowest BCUT2D eigenvalue weighted by Gasteiger charge is -2.05. The number of hydrogen-bond donors (Lipinski definition) is 3. The third kappa shape index (κ3) is 3.51. The van der Waals surface area contributed by atoms with Crippen LogP contribution in [0.15, 0.2) is 15.7 Å². The topological polar surface area (TPSA) is 129 Å². The fourth-order valence-electron chi connectivity index (χ4n) is 1.13. The Morgan fingerprint density at radius 2 is 2.00 bits per heavy atom. The smallest absolute Gasteiger partial charge is 0.331 e. The van der Waals surface area contributed by atoms with Gasteiger partial charge in [-0.25, -0.2) is 4.79 Å². The number of rotatable bonds is 4. The van der Waals surface area contributed by atoms with Crippen molar-refractivity contribution in [3.63, 3.8) is 0 Å². The van der Waals surface area contributed by atoms with E-state index in [-0.39, 0.29) is 13.0 Å². The van der Waals surface area contributed by atoms with Gasteiger partial charge in [0.15, 0.2) is 0 Å². The maximum Gasteiger partial charge on any atom is 0.331 e. The monoisotopic (exact) mass is 250 g/mol. The summed E-state index contributed by atoms with van der Waals surface area (Å²) in [6.07, 6.45) is -0.0572. The Morgan fingerprint density at radius 1 is 1.38 bits per heavy atom. The molecule has 0 aliphatic heterocycles. The first-order valence-corrected chi connectivity index (χ1v) is 5.89. The number of aromatic hydroxyl groups is 1. The van der Waals surface area contributed by atoms with E-state index < -0.39 is 33.0 Å². The van der Waals surface area contributed by atoms with Crippen LogP contribution in [0.3, 0.4) is 0 Å². The van der Waals surface area contributed by atoms with Crippen molar-refractivity contribution in [1.82, 2.24) is 9.55 Å². The second kappa shape index (κ2) is 4.49. The molecule has 0 fully saturated rings. The quantitative estimate of drug-likeness (QED) is 0.559. The van der Waals surface area contributed by atoms with Crippen LogP contribution in [0.5, 0.6) is 5.88 Å². The molecule has 90 valence electrons. The molecule has 0 aliphatic carbocycles. The van der Waals surface area contributed by atoms with Crippen molar-refractivity contribution in [3.05, 3.63) is 26.9 Å². The molecule has 0 spiro atoms. The maximum absolute atomic E-state index is 11.2. The Hall–Kier alpha value is -1.61. The minimum atomic E-state index is -4.10. The first-order valence-electron chi connectivity index (χ1n) is 4.28. The van der Waals surface area contributed by atoms with E-state index in [1.165, 1.54) is 0 Å². The molecular weight excluding hydrogens is 240 g/mol. The van der Waals surface area contributed by atoms with Gasteiger partial charge in [0, 0.05) is 6.54 Å². The summed E-state index contributed by atoms with van der Waals surface area (Å²) in [5.74, 6) is -1.08. The Labute approximate surface area is 89.9 Å². The fraction of sp³-hybridized carbons (Fsp3) is 0.429. The highest BCUT2D eigenvalue weighted by atomic mass is 32.2. The molecule has 0 unspecified atom stereocenters. The Morgan fingerprint density at radius 3 is 2.50 bits per heavy atom. The van der Waals surface area contributed by atoms with Gasteiger partial charge in [-0.05, 0) is 6.42 Å². The lowest BCUT2D eigenvalue weighted by molar-refractivity contribution is 0.397. The van der Waals surface area contributed by atoms with E-state index in [1.54, 1.807) is 0 Å². The van der Waals surface area contributed by atoms with E-state index >= 15 is 0 Å². The van der Waals surface area contributed by atoms with E-state index in [0.29, 0.717) is 0 Å². The summed E-state index contributed by atoms with van der Waals surface area (Å²) in [7, 11) is -4.10. The minimum absolute atomic E-state index is 0.0572. The van der Waals surface area contributed by atoms with Crippen LogP contribution in [0.4, 0.5) is 0 Å². The number of aromatic amines is 1. The van der Waals surface area contributed by atoms with Crippen LogP contribution in [0.1, 0.15) is 6.42 Å². The number of H-pyrrole nitrogens is 1. The van der Waals surface area contributed by atoms with Gasteiger partial charge < -0.3 is 5.11 Å². The molecule has 0 saturated carbocycles. The van der Waals surface area contributed by atoms with Crippen LogP contribution >= 0.6 is 0 Å². The molecule has 0 aromatic carbocycles. The highest BCUT2D eigenvalue weighted by molar-refractivity contribution is 7.85. The van der Waals surface area contributed by atoms with Crippen molar-refractivity contribution < 1.29 is 18.1 Å². The predicted molar refractivity (Wildman–Crippen MR) is 54.0 cm³/mol. The summed E-state index contributed by atoms with van der Waals surface area (Å²) in [5.41, 5.74) is -1.58. The Bertz CT molecular complexity index is 584. The molecule has 1 rings (SSSR count). The lowest BCUT2D eigenvalue weighted by atomic mass is 10.4. The second-order valence-corrected chi connectivity index (χ2v) is 4.66.